The molecule has 2 heterocycles. The Morgan fingerprint density at radius 3 is 2.88 bits per heavy atom. The molecule has 2 aliphatic rings. The van der Waals surface area contributed by atoms with Crippen molar-refractivity contribution in [3.05, 3.63) is 0 Å². The minimum absolute atomic E-state index is 0.281. The van der Waals surface area contributed by atoms with Crippen molar-refractivity contribution < 1.29 is 9.90 Å². The third-order valence-corrected chi connectivity index (χ3v) is 3.84. The van der Waals surface area contributed by atoms with Crippen LogP contribution in [-0.2, 0) is 4.79 Å². The number of likely N-dealkylation sites (tertiary alicyclic amines) is 1. The molecule has 2 unspecified atom stereocenters. The molecule has 2 rings (SSSR count). The highest BCUT2D eigenvalue weighted by Crippen LogP contribution is 2.24. The molecule has 0 radical (unpaired) electrons. The van der Waals surface area contributed by atoms with Gasteiger partial charge in [-0.25, -0.2) is 0 Å². The maximum atomic E-state index is 10.6. The zero-order valence-electron chi connectivity index (χ0n) is 9.82. The molecule has 2 atom stereocenters. The van der Waals surface area contributed by atoms with E-state index in [0.29, 0.717) is 12.1 Å². The molecule has 92 valence electrons. The van der Waals surface area contributed by atoms with Crippen LogP contribution >= 0.6 is 0 Å². The van der Waals surface area contributed by atoms with Gasteiger partial charge in [-0.3, -0.25) is 9.69 Å². The summed E-state index contributed by atoms with van der Waals surface area (Å²) in [5.41, 5.74) is 0. The maximum Gasteiger partial charge on any atom is 0.304 e. The summed E-state index contributed by atoms with van der Waals surface area (Å²) in [7, 11) is 0. The number of carboxylic acid groups (broad SMARTS) is 1. The van der Waals surface area contributed by atoms with Crippen molar-refractivity contribution in [2.24, 2.45) is 0 Å². The van der Waals surface area contributed by atoms with E-state index in [1.54, 1.807) is 0 Å². The van der Waals surface area contributed by atoms with E-state index >= 15 is 0 Å². The number of nitrogens with one attached hydrogen (secondary N) is 1. The summed E-state index contributed by atoms with van der Waals surface area (Å²) in [5.74, 6) is -0.677. The van der Waals surface area contributed by atoms with Crippen molar-refractivity contribution in [3.8, 4) is 0 Å². The second-order valence-corrected chi connectivity index (χ2v) is 4.95. The first-order valence-electron chi connectivity index (χ1n) is 6.46. The van der Waals surface area contributed by atoms with Crippen LogP contribution in [0.15, 0.2) is 0 Å². The monoisotopic (exact) mass is 226 g/mol. The van der Waals surface area contributed by atoms with Crippen LogP contribution in [0, 0.1) is 0 Å². The van der Waals surface area contributed by atoms with E-state index in [4.69, 9.17) is 5.11 Å². The average Bonchev–Trinajstić information content (AvgIpc) is 2.80. The zero-order valence-corrected chi connectivity index (χ0v) is 9.82. The molecule has 2 saturated heterocycles. The van der Waals surface area contributed by atoms with Crippen molar-refractivity contribution in [2.45, 2.75) is 50.6 Å². The van der Waals surface area contributed by atoms with Crippen LogP contribution in [0.1, 0.15) is 38.5 Å². The summed E-state index contributed by atoms with van der Waals surface area (Å²) in [6.45, 7) is 2.93. The molecule has 2 fully saturated rings. The predicted molar refractivity (Wildman–Crippen MR) is 62.5 cm³/mol. The van der Waals surface area contributed by atoms with E-state index in [-0.39, 0.29) is 6.42 Å². The molecule has 4 heteroatoms. The summed E-state index contributed by atoms with van der Waals surface area (Å²) < 4.78 is 0. The fourth-order valence-corrected chi connectivity index (χ4v) is 3.03. The lowest BCUT2D eigenvalue weighted by atomic mass is 9.94. The second kappa shape index (κ2) is 5.64. The highest BCUT2D eigenvalue weighted by molar-refractivity contribution is 5.66. The molecule has 2 N–H and O–H groups in total. The Balaban J connectivity index is 1.88. The molecule has 0 spiro atoms. The predicted octanol–water partition coefficient (Wildman–Crippen LogP) is 1.07. The van der Waals surface area contributed by atoms with Crippen molar-refractivity contribution >= 4 is 5.97 Å². The summed E-state index contributed by atoms with van der Waals surface area (Å²) >= 11 is 0. The van der Waals surface area contributed by atoms with E-state index in [1.165, 1.54) is 32.1 Å². The number of aliphatic carboxylic acids is 1. The van der Waals surface area contributed by atoms with Gasteiger partial charge in [0, 0.05) is 18.6 Å². The van der Waals surface area contributed by atoms with Gasteiger partial charge in [-0.05, 0) is 38.8 Å². The van der Waals surface area contributed by atoms with Gasteiger partial charge < -0.3 is 10.4 Å². The Labute approximate surface area is 97.0 Å². The van der Waals surface area contributed by atoms with E-state index in [2.05, 4.69) is 10.2 Å². The first-order valence-corrected chi connectivity index (χ1v) is 6.46. The van der Waals surface area contributed by atoms with Gasteiger partial charge in [0.25, 0.3) is 0 Å². The Kier molecular flexibility index (Phi) is 4.18. The van der Waals surface area contributed by atoms with Crippen LogP contribution in [0.25, 0.3) is 0 Å². The van der Waals surface area contributed by atoms with Crippen molar-refractivity contribution in [2.75, 3.05) is 19.6 Å². The lowest BCUT2D eigenvalue weighted by Crippen LogP contribution is -2.50. The Morgan fingerprint density at radius 1 is 1.31 bits per heavy atom. The Bertz CT molecular complexity index is 239. The van der Waals surface area contributed by atoms with Crippen LogP contribution in [0.2, 0.25) is 0 Å². The van der Waals surface area contributed by atoms with E-state index in [0.717, 1.165) is 19.6 Å². The van der Waals surface area contributed by atoms with Gasteiger partial charge >= 0.3 is 5.97 Å². The summed E-state index contributed by atoms with van der Waals surface area (Å²) in [4.78, 5) is 13.0. The fraction of sp³-hybridized carbons (Fsp3) is 0.917. The highest BCUT2D eigenvalue weighted by atomic mass is 16.4. The third kappa shape index (κ3) is 2.95. The van der Waals surface area contributed by atoms with Gasteiger partial charge in [0.15, 0.2) is 0 Å². The highest BCUT2D eigenvalue weighted by Gasteiger charge is 2.31. The smallest absolute Gasteiger partial charge is 0.304 e. The van der Waals surface area contributed by atoms with Gasteiger partial charge in [-0.2, -0.15) is 0 Å². The minimum atomic E-state index is -0.677. The molecule has 0 aromatic rings. The van der Waals surface area contributed by atoms with Crippen LogP contribution in [0.4, 0.5) is 0 Å². The zero-order chi connectivity index (χ0) is 11.4. The number of carboxylic acids is 1. The topological polar surface area (TPSA) is 52.6 Å². The number of rotatable bonds is 4. The number of nitrogens with zero attached hydrogens (tertiary/aromatic N) is 1. The molecule has 0 amide bonds. The van der Waals surface area contributed by atoms with E-state index in [9.17, 15) is 4.79 Å². The third-order valence-electron chi connectivity index (χ3n) is 3.84. The number of piperidine rings is 1. The average molecular weight is 226 g/mol. The summed E-state index contributed by atoms with van der Waals surface area (Å²) in [5, 5.41) is 12.3. The number of hydrogen-bond donors (Lipinski definition) is 2. The molecular formula is C12H22N2O2. The molecule has 16 heavy (non-hydrogen) atoms. The SMILES string of the molecule is O=C(O)CCN1CCCCC1C1CCCN1. The van der Waals surface area contributed by atoms with Gasteiger partial charge in [-0.1, -0.05) is 6.42 Å². The van der Waals surface area contributed by atoms with E-state index < -0.39 is 5.97 Å². The number of carbonyl (C=O) groups is 1. The quantitative estimate of drug-likeness (QED) is 0.753. The molecule has 0 saturated carbocycles. The normalized spacial score (nSPS) is 31.8. The lowest BCUT2D eigenvalue weighted by molar-refractivity contribution is -0.137. The van der Waals surface area contributed by atoms with Crippen LogP contribution < -0.4 is 5.32 Å². The molecule has 0 aromatic carbocycles. The van der Waals surface area contributed by atoms with Gasteiger partial charge in [-0.15, -0.1) is 0 Å². The maximum absolute atomic E-state index is 10.6. The van der Waals surface area contributed by atoms with Gasteiger partial charge in [0.05, 0.1) is 6.42 Å². The molecule has 0 bridgehead atoms. The van der Waals surface area contributed by atoms with Gasteiger partial charge in [0.1, 0.15) is 0 Å². The first-order chi connectivity index (χ1) is 7.77. The number of hydrogen-bond acceptors (Lipinski definition) is 3. The Hall–Kier alpha value is -0.610. The molecular weight excluding hydrogens is 204 g/mol. The fourth-order valence-electron chi connectivity index (χ4n) is 3.03. The van der Waals surface area contributed by atoms with Crippen LogP contribution in [0.5, 0.6) is 0 Å². The van der Waals surface area contributed by atoms with E-state index in [1.807, 2.05) is 0 Å². The van der Waals surface area contributed by atoms with Crippen LogP contribution in [-0.4, -0.2) is 47.7 Å². The van der Waals surface area contributed by atoms with Crippen LogP contribution in [0.3, 0.4) is 0 Å². The standard InChI is InChI=1S/C12H22N2O2/c15-12(16)6-9-14-8-2-1-5-11(14)10-4-3-7-13-10/h10-11,13H,1-9H2,(H,15,16). The summed E-state index contributed by atoms with van der Waals surface area (Å²) in [6, 6.07) is 1.18. The molecule has 4 nitrogen and oxygen atoms in total. The molecule has 0 aliphatic carbocycles. The second-order valence-electron chi connectivity index (χ2n) is 4.95. The molecule has 0 aromatic heterocycles. The van der Waals surface area contributed by atoms with Crippen molar-refractivity contribution in [1.82, 2.24) is 10.2 Å². The molecule has 2 aliphatic heterocycles. The van der Waals surface area contributed by atoms with Crippen molar-refractivity contribution in [3.63, 3.8) is 0 Å². The summed E-state index contributed by atoms with van der Waals surface area (Å²) in [6.07, 6.45) is 6.57. The van der Waals surface area contributed by atoms with Crippen molar-refractivity contribution in [1.29, 1.82) is 0 Å². The largest absolute Gasteiger partial charge is 0.481 e. The lowest BCUT2D eigenvalue weighted by Gasteiger charge is -2.39. The Morgan fingerprint density at radius 2 is 2.19 bits per heavy atom. The first kappa shape index (κ1) is 11.9. The minimum Gasteiger partial charge on any atom is -0.481 e. The van der Waals surface area contributed by atoms with Gasteiger partial charge in [0.2, 0.25) is 0 Å².